The van der Waals surface area contributed by atoms with Gasteiger partial charge in [0.25, 0.3) is 0 Å². The molecule has 12 heavy (non-hydrogen) atoms. The van der Waals surface area contributed by atoms with Crippen molar-refractivity contribution in [2.24, 2.45) is 0 Å². The summed E-state index contributed by atoms with van der Waals surface area (Å²) in [5.74, 6) is 0. The molecular formula is C10H17ClNi-. The van der Waals surface area contributed by atoms with Gasteiger partial charge in [-0.25, -0.2) is 0 Å². The van der Waals surface area contributed by atoms with E-state index in [9.17, 15) is 0 Å². The van der Waals surface area contributed by atoms with E-state index in [4.69, 9.17) is 0 Å². The van der Waals surface area contributed by atoms with Crippen LogP contribution in [0.2, 0.25) is 0 Å². The fourth-order valence-electron chi connectivity index (χ4n) is 1.38. The topological polar surface area (TPSA) is 0 Å². The predicted molar refractivity (Wildman–Crippen MR) is 50.6 cm³/mol. The minimum absolute atomic E-state index is 1.19. The summed E-state index contributed by atoms with van der Waals surface area (Å²) >= 11 is 3.35. The van der Waals surface area contributed by atoms with E-state index in [1.807, 2.05) is 0 Å². The zero-order valence-corrected chi connectivity index (χ0v) is 9.17. The van der Waals surface area contributed by atoms with Crippen LogP contribution < -0.4 is 0 Å². The van der Waals surface area contributed by atoms with Gasteiger partial charge >= 0.3 is 24.8 Å². The third-order valence-corrected chi connectivity index (χ3v) is 2.06. The van der Waals surface area contributed by atoms with Crippen molar-refractivity contribution >= 4 is 10.2 Å². The van der Waals surface area contributed by atoms with Gasteiger partial charge in [0.1, 0.15) is 0 Å². The molecule has 0 aromatic heterocycles. The van der Waals surface area contributed by atoms with Crippen LogP contribution in [0.1, 0.15) is 51.4 Å². The summed E-state index contributed by atoms with van der Waals surface area (Å²) in [5.41, 5.74) is 0. The predicted octanol–water partition coefficient (Wildman–Crippen LogP) is 4.17. The van der Waals surface area contributed by atoms with E-state index in [1.54, 1.807) is 0 Å². The number of rotatable bonds is 0. The molecule has 0 aromatic carbocycles. The Hall–Kier alpha value is 0.524. The molecule has 1 rings (SSSR count). The average Bonchev–Trinajstić information content (AvgIpc) is 2.18. The second-order valence-electron chi connectivity index (χ2n) is 3.07. The van der Waals surface area contributed by atoms with E-state index in [1.165, 1.54) is 51.4 Å². The Morgan fingerprint density at radius 1 is 0.917 bits per heavy atom. The molecule has 75 valence electrons. The van der Waals surface area contributed by atoms with E-state index in [-0.39, 0.29) is 0 Å². The van der Waals surface area contributed by atoms with Crippen molar-refractivity contribution in [2.45, 2.75) is 51.4 Å². The van der Waals surface area contributed by atoms with Crippen molar-refractivity contribution < 1.29 is 14.6 Å². The Bertz CT molecular complexity index is 90.0. The van der Waals surface area contributed by atoms with Crippen molar-refractivity contribution in [2.75, 3.05) is 0 Å². The molecule has 0 aliphatic heterocycles. The third-order valence-electron chi connectivity index (χ3n) is 2.06. The van der Waals surface area contributed by atoms with Crippen molar-refractivity contribution in [3.05, 3.63) is 12.2 Å². The second kappa shape index (κ2) is 11.5. The molecule has 0 saturated heterocycles. The van der Waals surface area contributed by atoms with Gasteiger partial charge in [-0.15, -0.1) is 0 Å². The zero-order valence-electron chi connectivity index (χ0n) is 7.43. The molecule has 0 bridgehead atoms. The van der Waals surface area contributed by atoms with Gasteiger partial charge in [-0.2, -0.15) is 6.42 Å². The minimum atomic E-state index is 1.19. The van der Waals surface area contributed by atoms with Crippen molar-refractivity contribution in [1.29, 1.82) is 0 Å². The molecule has 0 saturated carbocycles. The molecule has 0 fully saturated rings. The fourth-order valence-corrected chi connectivity index (χ4v) is 1.38. The summed E-state index contributed by atoms with van der Waals surface area (Å²) in [5, 5.41) is 0. The summed E-state index contributed by atoms with van der Waals surface area (Å²) in [6.45, 7) is 0. The van der Waals surface area contributed by atoms with E-state index in [0.717, 1.165) is 0 Å². The third kappa shape index (κ3) is 8.62. The van der Waals surface area contributed by atoms with Crippen molar-refractivity contribution in [1.82, 2.24) is 0 Å². The molecule has 0 atom stereocenters. The Morgan fingerprint density at radius 2 is 1.50 bits per heavy atom. The van der Waals surface area contributed by atoms with Crippen molar-refractivity contribution in [3.8, 4) is 0 Å². The quantitative estimate of drug-likeness (QED) is 0.433. The Kier molecular flexibility index (Phi) is 12.0. The van der Waals surface area contributed by atoms with Crippen molar-refractivity contribution in [3.63, 3.8) is 0 Å². The molecular weight excluding hydrogens is 214 g/mol. The van der Waals surface area contributed by atoms with Gasteiger partial charge in [0.05, 0.1) is 0 Å². The summed E-state index contributed by atoms with van der Waals surface area (Å²) in [7, 11) is 4.26. The Labute approximate surface area is 88.4 Å². The second-order valence-corrected chi connectivity index (χ2v) is 3.07. The first kappa shape index (κ1) is 12.5. The van der Waals surface area contributed by atoms with Gasteiger partial charge in [-0.1, -0.05) is 44.9 Å². The summed E-state index contributed by atoms with van der Waals surface area (Å²) in [4.78, 5) is 0. The standard InChI is InChI=1S/C10H17.ClH.Ni/c1-2-4-6-8-10-9-7-5-3-1;;/h1H,2,4-10H2;1H;/q-1;;+1/p-1. The monoisotopic (exact) mass is 230 g/mol. The van der Waals surface area contributed by atoms with E-state index in [2.05, 4.69) is 36.9 Å². The molecule has 0 N–H and O–H groups in total. The van der Waals surface area contributed by atoms with E-state index < -0.39 is 0 Å². The van der Waals surface area contributed by atoms with Crippen LogP contribution in [0.25, 0.3) is 0 Å². The summed E-state index contributed by atoms with van der Waals surface area (Å²) in [6.07, 6.45) is 16.5. The van der Waals surface area contributed by atoms with Crippen LogP contribution in [0.5, 0.6) is 0 Å². The molecule has 2 heteroatoms. The maximum atomic E-state index is 4.26. The molecule has 0 radical (unpaired) electrons. The van der Waals surface area contributed by atoms with Crippen LogP contribution >= 0.6 is 10.2 Å². The Morgan fingerprint density at radius 3 is 2.25 bits per heavy atom. The molecule has 0 heterocycles. The normalized spacial score (nSPS) is 19.2. The van der Waals surface area contributed by atoms with Gasteiger partial charge in [0.2, 0.25) is 0 Å². The van der Waals surface area contributed by atoms with Gasteiger partial charge in [0, 0.05) is 0 Å². The van der Waals surface area contributed by atoms with E-state index in [0.29, 0.717) is 0 Å². The molecule has 0 unspecified atom stereocenters. The average molecular weight is 231 g/mol. The fraction of sp³-hybridized carbons (Fsp3) is 0.800. The molecule has 0 aromatic rings. The van der Waals surface area contributed by atoms with Crippen LogP contribution in [0.3, 0.4) is 0 Å². The van der Waals surface area contributed by atoms with Crippen LogP contribution in [0.4, 0.5) is 0 Å². The first-order valence-electron chi connectivity index (χ1n) is 4.67. The molecule has 0 nitrogen and oxygen atoms in total. The maximum absolute atomic E-state index is 4.26. The van der Waals surface area contributed by atoms with Gasteiger partial charge in [-0.3, -0.25) is 6.08 Å². The van der Waals surface area contributed by atoms with Crippen LogP contribution in [-0.4, -0.2) is 0 Å². The molecule has 0 spiro atoms. The van der Waals surface area contributed by atoms with Crippen LogP contribution in [0.15, 0.2) is 6.08 Å². The Balaban J connectivity index is 0.000000561. The number of halogens is 1. The summed E-state index contributed by atoms with van der Waals surface area (Å²) < 4.78 is 0. The number of hydrogen-bond donors (Lipinski definition) is 0. The summed E-state index contributed by atoms with van der Waals surface area (Å²) in [6, 6.07) is 0. The van der Waals surface area contributed by atoms with Gasteiger partial charge in [-0.05, 0) is 0 Å². The molecule has 0 amide bonds. The van der Waals surface area contributed by atoms with E-state index >= 15 is 0 Å². The number of hydrogen-bond acceptors (Lipinski definition) is 0. The van der Waals surface area contributed by atoms with Gasteiger partial charge in [0.15, 0.2) is 0 Å². The zero-order chi connectivity index (χ0) is 9.07. The van der Waals surface area contributed by atoms with Crippen LogP contribution in [-0.2, 0) is 14.6 Å². The number of allylic oxidation sites excluding steroid dienone is 2. The SMILES string of the molecule is [C-]1=CCCCCCCCC1.[Cl][Ni]. The first-order valence-corrected chi connectivity index (χ1v) is 6.03. The van der Waals surface area contributed by atoms with Gasteiger partial charge < -0.3 is 6.08 Å². The molecule has 1 aliphatic carbocycles. The first-order chi connectivity index (χ1) is 6.00. The molecule has 1 aliphatic rings. The van der Waals surface area contributed by atoms with Crippen LogP contribution in [0, 0.1) is 6.08 Å².